The summed E-state index contributed by atoms with van der Waals surface area (Å²) >= 11 is 1.55. The number of anilines is 3. The van der Waals surface area contributed by atoms with Crippen molar-refractivity contribution in [1.82, 2.24) is 87.6 Å². The Morgan fingerprint density at radius 3 is 1.25 bits per heavy atom. The highest BCUT2D eigenvalue weighted by Gasteiger charge is 2.33. The fourth-order valence-electron chi connectivity index (χ4n) is 14.1. The van der Waals surface area contributed by atoms with E-state index in [1.54, 1.807) is 74.1 Å². The molecule has 24 nitrogen and oxygen atoms in total. The van der Waals surface area contributed by atoms with Gasteiger partial charge < -0.3 is 51.8 Å². The first-order valence-corrected chi connectivity index (χ1v) is 34.4. The number of para-hydroxylation sites is 3. The van der Waals surface area contributed by atoms with Crippen LogP contribution in [0, 0.1) is 0 Å². The van der Waals surface area contributed by atoms with Gasteiger partial charge in [-0.1, -0.05) is 60.7 Å². The van der Waals surface area contributed by atoms with Gasteiger partial charge in [-0.05, 0) is 98.7 Å². The lowest BCUT2D eigenvalue weighted by Gasteiger charge is -2.33. The third kappa shape index (κ3) is 12.9. The molecule has 0 atom stereocenters. The number of nitrogens with one attached hydrogen (secondary N) is 3. The van der Waals surface area contributed by atoms with Crippen molar-refractivity contribution < 1.29 is 14.4 Å². The van der Waals surface area contributed by atoms with Crippen molar-refractivity contribution >= 4 is 96.3 Å². The van der Waals surface area contributed by atoms with Gasteiger partial charge in [-0.3, -0.25) is 32.8 Å². The van der Waals surface area contributed by atoms with Crippen molar-refractivity contribution in [3.63, 3.8) is 0 Å². The average Bonchev–Trinajstić information content (AvgIpc) is 1.62. The van der Waals surface area contributed by atoms with E-state index >= 15 is 0 Å². The molecule has 0 bridgehead atoms. The Morgan fingerprint density at radius 1 is 0.475 bits per heavy atom. The van der Waals surface area contributed by atoms with Gasteiger partial charge in [-0.25, -0.2) is 34.7 Å². The second kappa shape index (κ2) is 27.5. The Labute approximate surface area is 573 Å². The van der Waals surface area contributed by atoms with Crippen LogP contribution in [-0.4, -0.2) is 165 Å². The zero-order valence-corrected chi connectivity index (χ0v) is 55.8. The van der Waals surface area contributed by atoms with Gasteiger partial charge in [0.15, 0.2) is 0 Å². The Morgan fingerprint density at radius 2 is 0.869 bits per heavy atom. The summed E-state index contributed by atoms with van der Waals surface area (Å²) in [5.41, 5.74) is 30.7. The fourth-order valence-corrected chi connectivity index (χ4v) is 14.9. The number of amides is 4. The summed E-state index contributed by atoms with van der Waals surface area (Å²) in [7, 11) is 3.58. The standard InChI is InChI=1S/C26H25N7OS.C26H25N7O.C22H25N7O/c27-25-24-23(21-15-18-3-1-2-4-20(18)30-21)31-26(33(24)14-11-29-25)17-7-12-32(13-8-17)22(34)16-35-19-5-9-28-10-6-19;27-25-24-23(21-15-19-5-1-2-6-20(19)30-21)31-26(33(24)13-10-29-25)18-7-11-32(12-8-18)22(34)14-17-4-3-9-28-16-17;1-27(2)22(30)28-10-7-14(8-11-28)21-26-18(19-20(23)24-9-12-29(19)21)17-13-15-5-3-4-6-16(15)25-17/h1-6,9-11,14-15,17,30H,7-8,12-13,16H2,(H2,27,29);1-6,9-10,13,15-16,18,30H,7-8,11-12,14H2,(H2,27,29);3-6,9,12-14,25H,7-8,10-11H2,1-2H3,(H2,23,24). The molecule has 3 aromatic carbocycles. The van der Waals surface area contributed by atoms with E-state index in [9.17, 15) is 14.4 Å². The van der Waals surface area contributed by atoms with Crippen LogP contribution in [0.2, 0.25) is 0 Å². The van der Waals surface area contributed by atoms with Crippen LogP contribution in [0.25, 0.3) is 83.4 Å². The number of carbonyl (C=O) groups excluding carboxylic acids is 3. The maximum absolute atomic E-state index is 12.8. The predicted molar refractivity (Wildman–Crippen MR) is 387 cm³/mol. The molecule has 0 spiro atoms. The number of piperidine rings is 3. The van der Waals surface area contributed by atoms with Crippen molar-refractivity contribution in [3.8, 4) is 34.2 Å². The van der Waals surface area contributed by atoms with Gasteiger partial charge in [0.25, 0.3) is 0 Å². The molecular formula is C74H75N21O3S. The third-order valence-corrected chi connectivity index (χ3v) is 20.2. The number of carbonyl (C=O) groups is 3. The molecular weight excluding hydrogens is 1260 g/mol. The van der Waals surface area contributed by atoms with Crippen LogP contribution < -0.4 is 17.2 Å². The van der Waals surface area contributed by atoms with E-state index in [1.165, 1.54) is 0 Å². The number of hydrogen-bond donors (Lipinski definition) is 6. The number of pyridine rings is 2. The van der Waals surface area contributed by atoms with Crippen LogP contribution in [0.5, 0.6) is 0 Å². The number of likely N-dealkylation sites (tertiary alicyclic amines) is 3. The summed E-state index contributed by atoms with van der Waals surface area (Å²) in [5, 5.41) is 3.39. The number of H-pyrrole nitrogens is 3. The van der Waals surface area contributed by atoms with Gasteiger partial charge in [0.2, 0.25) is 11.8 Å². The van der Waals surface area contributed by atoms with E-state index in [-0.39, 0.29) is 35.6 Å². The molecule has 3 aliphatic heterocycles. The van der Waals surface area contributed by atoms with Crippen molar-refractivity contribution in [2.45, 2.75) is 67.6 Å². The molecule has 3 fully saturated rings. The van der Waals surface area contributed by atoms with Gasteiger partial charge in [-0.15, -0.1) is 11.8 Å². The van der Waals surface area contributed by atoms with Gasteiger partial charge >= 0.3 is 6.03 Å². The number of urea groups is 1. The number of thioether (sulfide) groups is 1. The van der Waals surface area contributed by atoms with Crippen LogP contribution in [0.4, 0.5) is 22.2 Å². The van der Waals surface area contributed by atoms with Gasteiger partial charge in [0.1, 0.15) is 68.6 Å². The van der Waals surface area contributed by atoms with E-state index in [2.05, 4.69) is 108 Å². The smallest absolute Gasteiger partial charge is 0.319 e. The molecule has 9 N–H and O–H groups in total. The average molecular weight is 1340 g/mol. The van der Waals surface area contributed by atoms with Gasteiger partial charge in [0.05, 0.1) is 29.3 Å². The first-order chi connectivity index (χ1) is 48.4. The molecule has 99 heavy (non-hydrogen) atoms. The maximum Gasteiger partial charge on any atom is 0.319 e. The van der Waals surface area contributed by atoms with E-state index in [1.807, 2.05) is 94.0 Å². The number of benzene rings is 3. The molecule has 4 amide bonds. The largest absolute Gasteiger partial charge is 0.382 e. The molecule has 14 aromatic rings. The summed E-state index contributed by atoms with van der Waals surface area (Å²) in [6, 6.07) is 38.5. The van der Waals surface area contributed by atoms with Crippen LogP contribution in [0.3, 0.4) is 0 Å². The minimum Gasteiger partial charge on any atom is -0.382 e. The Balaban J connectivity index is 0.000000121. The second-order valence-electron chi connectivity index (χ2n) is 25.6. The number of nitrogens with two attached hydrogens (primary N) is 3. The molecule has 11 aromatic heterocycles. The maximum atomic E-state index is 12.8. The summed E-state index contributed by atoms with van der Waals surface area (Å²) in [6.07, 6.45) is 23.5. The SMILES string of the molecule is CN(C)C(=O)N1CCC(c2nc(-c3cc4ccccc4[nH]3)c3c(N)nccn23)CC1.Nc1nccn2c(C3CCN(C(=O)CSc4ccncc4)CC3)nc(-c3cc4ccccc4[nH]3)c12.Nc1nccn2c(C3CCN(C(=O)Cc4cccnc4)CC3)nc(-c3cc4ccccc4[nH]3)c12. The number of aromatic amines is 3. The molecule has 25 heteroatoms. The number of rotatable bonds is 11. The molecule has 3 saturated heterocycles. The first-order valence-electron chi connectivity index (χ1n) is 33.4. The Bertz CT molecular complexity index is 5140. The summed E-state index contributed by atoms with van der Waals surface area (Å²) in [6.45, 7) is 4.30. The van der Waals surface area contributed by atoms with E-state index < -0.39 is 0 Å². The zero-order chi connectivity index (χ0) is 67.7. The van der Waals surface area contributed by atoms with Gasteiger partial charge in [-0.2, -0.15) is 0 Å². The molecule has 3 aliphatic rings. The minimum atomic E-state index is 0.0636. The number of imidazole rings is 3. The molecule has 0 unspecified atom stereocenters. The lowest BCUT2D eigenvalue weighted by Crippen LogP contribution is -2.43. The molecule has 0 saturated carbocycles. The van der Waals surface area contributed by atoms with Crippen molar-refractivity contribution in [2.24, 2.45) is 0 Å². The molecule has 0 aliphatic carbocycles. The summed E-state index contributed by atoms with van der Waals surface area (Å²) in [4.78, 5) is 93.1. The third-order valence-electron chi connectivity index (χ3n) is 19.2. The highest BCUT2D eigenvalue weighted by Crippen LogP contribution is 2.39. The zero-order valence-electron chi connectivity index (χ0n) is 54.9. The normalized spacial score (nSPS) is 14.9. The monoisotopic (exact) mass is 1340 g/mol. The Hall–Kier alpha value is -11.6. The van der Waals surface area contributed by atoms with Crippen molar-refractivity contribution in [3.05, 3.63) is 200 Å². The molecule has 500 valence electrons. The Kier molecular flexibility index (Phi) is 17.6. The number of aromatic nitrogens is 14. The minimum absolute atomic E-state index is 0.0636. The van der Waals surface area contributed by atoms with Crippen molar-refractivity contribution in [1.29, 1.82) is 0 Å². The highest BCUT2D eigenvalue weighted by molar-refractivity contribution is 8.00. The quantitative estimate of drug-likeness (QED) is 0.0656. The van der Waals surface area contributed by atoms with E-state index in [4.69, 9.17) is 32.2 Å². The predicted octanol–water partition coefficient (Wildman–Crippen LogP) is 11.5. The number of nitrogen functional groups attached to an aromatic ring is 3. The van der Waals surface area contributed by atoms with Crippen LogP contribution in [0.1, 0.15) is 79.3 Å². The molecule has 17 rings (SSSR count). The summed E-state index contributed by atoms with van der Waals surface area (Å²) in [5.74, 6) is 5.77. The fraction of sp³-hybridized carbons (Fsp3) is 0.257. The van der Waals surface area contributed by atoms with Crippen LogP contribution in [-0.2, 0) is 16.0 Å². The number of fused-ring (bicyclic) bond motifs is 6. The summed E-state index contributed by atoms with van der Waals surface area (Å²) < 4.78 is 6.21. The molecule has 0 radical (unpaired) electrons. The van der Waals surface area contributed by atoms with E-state index in [0.717, 1.165) is 176 Å². The van der Waals surface area contributed by atoms with Crippen LogP contribution in [0.15, 0.2) is 182 Å². The topological polar surface area (TPSA) is 306 Å². The van der Waals surface area contributed by atoms with Crippen LogP contribution >= 0.6 is 11.8 Å². The van der Waals surface area contributed by atoms with Gasteiger partial charge in [0, 0.05) is 171 Å². The van der Waals surface area contributed by atoms with E-state index in [0.29, 0.717) is 42.7 Å². The lowest BCUT2D eigenvalue weighted by molar-refractivity contribution is -0.131. The second-order valence-corrected chi connectivity index (χ2v) is 26.7. The lowest BCUT2D eigenvalue weighted by atomic mass is 9.95. The molecule has 14 heterocycles. The highest BCUT2D eigenvalue weighted by atomic mass is 32.2. The number of hydrogen-bond acceptors (Lipinski definition) is 15. The first kappa shape index (κ1) is 63.5. The number of nitrogens with zero attached hydrogens (tertiary/aromatic N) is 15. The van der Waals surface area contributed by atoms with Crippen molar-refractivity contribution in [2.75, 3.05) is 76.3 Å².